The Morgan fingerprint density at radius 1 is 1.20 bits per heavy atom. The Kier molecular flexibility index (Phi) is 6.76. The minimum absolute atomic E-state index is 0.125. The van der Waals surface area contributed by atoms with Crippen LogP contribution in [0.3, 0.4) is 0 Å². The molecular formula is C12H11F8N3O2. The van der Waals surface area contributed by atoms with Gasteiger partial charge >= 0.3 is 25.0 Å². The summed E-state index contributed by atoms with van der Waals surface area (Å²) in [5, 5.41) is 3.05. The fraction of sp³-hybridized carbons (Fsp3) is 0.500. The number of aromatic nitrogens is 1. The van der Waals surface area contributed by atoms with E-state index in [0.29, 0.717) is 0 Å². The lowest BCUT2D eigenvalue weighted by atomic mass is 10.2. The van der Waals surface area contributed by atoms with Crippen LogP contribution in [0.4, 0.5) is 39.9 Å². The van der Waals surface area contributed by atoms with E-state index in [4.69, 9.17) is 0 Å². The van der Waals surface area contributed by atoms with Crippen LogP contribution >= 0.6 is 0 Å². The lowest BCUT2D eigenvalue weighted by Gasteiger charge is -2.22. The Bertz CT molecular complexity index is 576. The van der Waals surface area contributed by atoms with Crippen LogP contribution in [0.1, 0.15) is 12.0 Å². The van der Waals surface area contributed by atoms with Crippen molar-refractivity contribution in [1.29, 1.82) is 0 Å². The van der Waals surface area contributed by atoms with Gasteiger partial charge in [0.05, 0.1) is 6.42 Å². The minimum atomic E-state index is -5.30. The highest BCUT2D eigenvalue weighted by Gasteiger charge is 2.47. The summed E-state index contributed by atoms with van der Waals surface area (Å²) in [4.78, 5) is 14.8. The maximum absolute atomic E-state index is 12.5. The highest BCUT2D eigenvalue weighted by atomic mass is 19.4. The fourth-order valence-corrected chi connectivity index (χ4v) is 1.59. The molecule has 13 heteroatoms. The summed E-state index contributed by atoms with van der Waals surface area (Å²) in [6.45, 7) is -3.61. The Morgan fingerprint density at radius 2 is 1.84 bits per heavy atom. The molecule has 25 heavy (non-hydrogen) atoms. The average molecular weight is 381 g/mol. The predicted octanol–water partition coefficient (Wildman–Crippen LogP) is 3.37. The van der Waals surface area contributed by atoms with Crippen molar-refractivity contribution in [3.05, 3.63) is 23.9 Å². The van der Waals surface area contributed by atoms with Crippen LogP contribution in [0.25, 0.3) is 0 Å². The standard InChI is InChI=1S/C12H11F8N3O2/c13-9(14)25-8-3-6(1-2-21-8)5-22-10(24)23-7(12(18,19)20)4-11(15,16)17/h1-3,7,9H,4-5H2,(H2,22,23,24). The zero-order valence-corrected chi connectivity index (χ0v) is 12.1. The largest absolute Gasteiger partial charge is 0.417 e. The Labute approximate surface area is 135 Å². The van der Waals surface area contributed by atoms with Gasteiger partial charge in [0.15, 0.2) is 0 Å². The number of ether oxygens (including phenoxy) is 1. The van der Waals surface area contributed by atoms with Crippen LogP contribution in [-0.2, 0) is 6.54 Å². The van der Waals surface area contributed by atoms with Gasteiger partial charge in [-0.15, -0.1) is 0 Å². The van der Waals surface area contributed by atoms with Gasteiger partial charge in [-0.05, 0) is 11.6 Å². The molecule has 5 nitrogen and oxygen atoms in total. The van der Waals surface area contributed by atoms with Gasteiger partial charge in [0.1, 0.15) is 6.04 Å². The van der Waals surface area contributed by atoms with Crippen LogP contribution in [0.5, 0.6) is 5.88 Å². The number of carbonyl (C=O) groups is 1. The number of pyridine rings is 1. The van der Waals surface area contributed by atoms with Crippen LogP contribution in [0, 0.1) is 0 Å². The van der Waals surface area contributed by atoms with E-state index in [-0.39, 0.29) is 5.56 Å². The van der Waals surface area contributed by atoms with Gasteiger partial charge in [-0.25, -0.2) is 9.78 Å². The van der Waals surface area contributed by atoms with E-state index in [9.17, 15) is 39.9 Å². The lowest BCUT2D eigenvalue weighted by Crippen LogP contribution is -2.51. The number of halogens is 8. The van der Waals surface area contributed by atoms with Gasteiger partial charge in [0, 0.05) is 18.8 Å². The first kappa shape index (κ1) is 20.7. The Hall–Kier alpha value is -2.34. The summed E-state index contributed by atoms with van der Waals surface area (Å²) in [6, 6.07) is -2.43. The predicted molar refractivity (Wildman–Crippen MR) is 66.8 cm³/mol. The van der Waals surface area contributed by atoms with Crippen LogP contribution < -0.4 is 15.4 Å². The lowest BCUT2D eigenvalue weighted by molar-refractivity contribution is -0.198. The van der Waals surface area contributed by atoms with Gasteiger partial charge in [-0.2, -0.15) is 35.1 Å². The number of amides is 2. The molecule has 1 rings (SSSR count). The molecule has 0 aromatic carbocycles. The molecule has 142 valence electrons. The van der Waals surface area contributed by atoms with Crippen molar-refractivity contribution in [1.82, 2.24) is 15.6 Å². The van der Waals surface area contributed by atoms with E-state index in [1.165, 1.54) is 11.4 Å². The quantitative estimate of drug-likeness (QED) is 0.743. The average Bonchev–Trinajstić information content (AvgIpc) is 2.42. The third kappa shape index (κ3) is 8.35. The van der Waals surface area contributed by atoms with E-state index in [1.54, 1.807) is 0 Å². The zero-order valence-electron chi connectivity index (χ0n) is 12.1. The third-order valence-corrected chi connectivity index (χ3v) is 2.60. The topological polar surface area (TPSA) is 63.2 Å². The van der Waals surface area contributed by atoms with Crippen molar-refractivity contribution in [2.24, 2.45) is 0 Å². The maximum Gasteiger partial charge on any atom is 0.409 e. The van der Waals surface area contributed by atoms with Crippen LogP contribution in [0.15, 0.2) is 18.3 Å². The van der Waals surface area contributed by atoms with Crippen LogP contribution in [0.2, 0.25) is 0 Å². The molecule has 2 amide bonds. The van der Waals surface area contributed by atoms with Crippen molar-refractivity contribution in [3.63, 3.8) is 0 Å². The van der Waals surface area contributed by atoms with Crippen molar-refractivity contribution in [2.45, 2.75) is 38.0 Å². The number of rotatable bonds is 6. The number of carbonyl (C=O) groups excluding carboxylic acids is 1. The molecule has 2 N–H and O–H groups in total. The molecule has 0 radical (unpaired) electrons. The molecule has 0 bridgehead atoms. The highest BCUT2D eigenvalue weighted by Crippen LogP contribution is 2.30. The van der Waals surface area contributed by atoms with E-state index in [1.807, 2.05) is 5.32 Å². The van der Waals surface area contributed by atoms with Crippen LogP contribution in [-0.4, -0.2) is 36.0 Å². The van der Waals surface area contributed by atoms with Gasteiger partial charge in [0.25, 0.3) is 0 Å². The van der Waals surface area contributed by atoms with E-state index < -0.39 is 49.9 Å². The monoisotopic (exact) mass is 381 g/mol. The van der Waals surface area contributed by atoms with E-state index in [2.05, 4.69) is 9.72 Å². The summed E-state index contributed by atoms with van der Waals surface area (Å²) in [5.41, 5.74) is 0.125. The molecule has 1 heterocycles. The highest BCUT2D eigenvalue weighted by molar-refractivity contribution is 5.74. The van der Waals surface area contributed by atoms with Gasteiger partial charge in [-0.1, -0.05) is 0 Å². The molecule has 1 atom stereocenters. The number of hydrogen-bond donors (Lipinski definition) is 2. The first-order valence-electron chi connectivity index (χ1n) is 6.44. The Morgan fingerprint density at radius 3 is 2.36 bits per heavy atom. The summed E-state index contributed by atoms with van der Waals surface area (Å²) >= 11 is 0. The Balaban J connectivity index is 2.63. The summed E-state index contributed by atoms with van der Waals surface area (Å²) in [5.74, 6) is -0.500. The number of nitrogens with zero attached hydrogens (tertiary/aromatic N) is 1. The smallest absolute Gasteiger partial charge is 0.409 e. The summed E-state index contributed by atoms with van der Waals surface area (Å²) in [7, 11) is 0. The van der Waals surface area contributed by atoms with Crippen molar-refractivity contribution >= 4 is 6.03 Å². The molecule has 0 saturated carbocycles. The molecule has 1 aromatic heterocycles. The zero-order chi connectivity index (χ0) is 19.3. The second kappa shape index (κ2) is 8.16. The van der Waals surface area contributed by atoms with Crippen molar-refractivity contribution < 1.29 is 44.7 Å². The molecular weight excluding hydrogens is 370 g/mol. The minimum Gasteiger partial charge on any atom is -0.417 e. The molecule has 0 spiro atoms. The molecule has 0 aliphatic rings. The second-order valence-corrected chi connectivity index (χ2v) is 4.62. The number of alkyl halides is 8. The first-order valence-corrected chi connectivity index (χ1v) is 6.44. The summed E-state index contributed by atoms with van der Waals surface area (Å²) < 4.78 is 102. The molecule has 0 aliphatic heterocycles. The number of urea groups is 1. The third-order valence-electron chi connectivity index (χ3n) is 2.60. The maximum atomic E-state index is 12.5. The molecule has 0 fully saturated rings. The van der Waals surface area contributed by atoms with Gasteiger partial charge < -0.3 is 15.4 Å². The fourth-order valence-electron chi connectivity index (χ4n) is 1.59. The second-order valence-electron chi connectivity index (χ2n) is 4.62. The van der Waals surface area contributed by atoms with E-state index >= 15 is 0 Å². The SMILES string of the molecule is O=C(NCc1ccnc(OC(F)F)c1)NC(CC(F)(F)F)C(F)(F)F. The normalized spacial score (nSPS) is 13.5. The van der Waals surface area contributed by atoms with Gasteiger partial charge in [-0.3, -0.25) is 0 Å². The van der Waals surface area contributed by atoms with Crippen molar-refractivity contribution in [2.75, 3.05) is 0 Å². The van der Waals surface area contributed by atoms with Crippen molar-refractivity contribution in [3.8, 4) is 5.88 Å². The number of nitrogens with one attached hydrogen (secondary N) is 2. The molecule has 0 saturated heterocycles. The molecule has 1 aromatic rings. The van der Waals surface area contributed by atoms with E-state index in [0.717, 1.165) is 12.3 Å². The number of hydrogen-bond acceptors (Lipinski definition) is 3. The molecule has 0 aliphatic carbocycles. The summed E-state index contributed by atoms with van der Waals surface area (Å²) in [6.07, 6.45) is -11.7. The van der Waals surface area contributed by atoms with Gasteiger partial charge in [0.2, 0.25) is 5.88 Å². The molecule has 1 unspecified atom stereocenters. The first-order chi connectivity index (χ1) is 11.4.